The van der Waals surface area contributed by atoms with Gasteiger partial charge in [0.2, 0.25) is 15.9 Å². The van der Waals surface area contributed by atoms with E-state index < -0.39 is 28.1 Å². The van der Waals surface area contributed by atoms with E-state index >= 15 is 0 Å². The van der Waals surface area contributed by atoms with Crippen LogP contribution >= 0.6 is 11.6 Å². The molecule has 0 fully saturated rings. The van der Waals surface area contributed by atoms with Crippen molar-refractivity contribution in [3.63, 3.8) is 0 Å². The van der Waals surface area contributed by atoms with Crippen molar-refractivity contribution < 1.29 is 27.4 Å². The molecule has 0 aliphatic carbocycles. The topological polar surface area (TPSA) is 94.2 Å². The second-order valence-corrected chi connectivity index (χ2v) is 9.09. The van der Waals surface area contributed by atoms with Crippen LogP contribution in [0.5, 0.6) is 17.2 Å². The van der Waals surface area contributed by atoms with Gasteiger partial charge in [0.1, 0.15) is 24.5 Å². The lowest BCUT2D eigenvalue weighted by Gasteiger charge is -2.30. The SMILES string of the molecule is COc1ccc(Cl)cc1N([C@H](C)C(=O)NC[C@@H]1COc2ccccc2O1)S(C)(=O)=O. The Balaban J connectivity index is 1.74. The summed E-state index contributed by atoms with van der Waals surface area (Å²) in [6.07, 6.45) is 0.620. The molecule has 2 aromatic rings. The van der Waals surface area contributed by atoms with Crippen LogP contribution in [0.2, 0.25) is 5.02 Å². The second kappa shape index (κ2) is 9.01. The number of sulfonamides is 1. The van der Waals surface area contributed by atoms with Gasteiger partial charge in [-0.2, -0.15) is 0 Å². The number of halogens is 1. The van der Waals surface area contributed by atoms with Crippen LogP contribution in [0.3, 0.4) is 0 Å². The summed E-state index contributed by atoms with van der Waals surface area (Å²) >= 11 is 6.05. The van der Waals surface area contributed by atoms with E-state index in [1.54, 1.807) is 24.3 Å². The van der Waals surface area contributed by atoms with Crippen molar-refractivity contribution in [2.45, 2.75) is 19.1 Å². The Morgan fingerprint density at radius 1 is 1.30 bits per heavy atom. The van der Waals surface area contributed by atoms with Crippen LogP contribution in [0.25, 0.3) is 0 Å². The van der Waals surface area contributed by atoms with Gasteiger partial charge in [0.25, 0.3) is 0 Å². The highest BCUT2D eigenvalue weighted by Gasteiger charge is 2.32. The zero-order valence-corrected chi connectivity index (χ0v) is 18.4. The molecule has 0 unspecified atom stereocenters. The number of anilines is 1. The quantitative estimate of drug-likeness (QED) is 0.690. The lowest BCUT2D eigenvalue weighted by molar-refractivity contribution is -0.122. The number of fused-ring (bicyclic) bond motifs is 1. The van der Waals surface area contributed by atoms with E-state index in [9.17, 15) is 13.2 Å². The summed E-state index contributed by atoms with van der Waals surface area (Å²) in [5.41, 5.74) is 0.182. The molecule has 1 aliphatic rings. The summed E-state index contributed by atoms with van der Waals surface area (Å²) in [6.45, 7) is 1.91. The summed E-state index contributed by atoms with van der Waals surface area (Å²) in [6, 6.07) is 10.8. The van der Waals surface area contributed by atoms with E-state index in [4.69, 9.17) is 25.8 Å². The third kappa shape index (κ3) is 4.91. The highest BCUT2D eigenvalue weighted by molar-refractivity contribution is 7.92. The number of nitrogens with zero attached hydrogens (tertiary/aromatic N) is 1. The number of benzene rings is 2. The number of rotatable bonds is 7. The molecule has 10 heteroatoms. The minimum atomic E-state index is -3.82. The third-order valence-corrected chi connectivity index (χ3v) is 6.00. The molecular weight excluding hydrogens is 432 g/mol. The maximum Gasteiger partial charge on any atom is 0.243 e. The summed E-state index contributed by atoms with van der Waals surface area (Å²) < 4.78 is 42.7. The first-order valence-corrected chi connectivity index (χ1v) is 11.4. The molecule has 0 saturated carbocycles. The molecule has 3 rings (SSSR count). The molecule has 2 atom stereocenters. The molecule has 1 heterocycles. The number of hydrogen-bond donors (Lipinski definition) is 1. The number of hydrogen-bond acceptors (Lipinski definition) is 6. The minimum absolute atomic E-state index is 0.155. The summed E-state index contributed by atoms with van der Waals surface area (Å²) in [7, 11) is -2.40. The maximum absolute atomic E-state index is 12.8. The van der Waals surface area contributed by atoms with Gasteiger partial charge in [-0.05, 0) is 37.3 Å². The van der Waals surface area contributed by atoms with Gasteiger partial charge in [0, 0.05) is 5.02 Å². The molecule has 162 valence electrons. The van der Waals surface area contributed by atoms with Crippen LogP contribution in [-0.4, -0.2) is 53.0 Å². The fourth-order valence-electron chi connectivity index (χ4n) is 3.14. The number of carbonyl (C=O) groups excluding carboxylic acids is 1. The Labute approximate surface area is 180 Å². The monoisotopic (exact) mass is 454 g/mol. The number of amides is 1. The van der Waals surface area contributed by atoms with Crippen LogP contribution < -0.4 is 23.8 Å². The number of ether oxygens (including phenoxy) is 3. The Morgan fingerprint density at radius 2 is 2.00 bits per heavy atom. The van der Waals surface area contributed by atoms with Gasteiger partial charge in [0.05, 0.1) is 25.6 Å². The lowest BCUT2D eigenvalue weighted by atomic mass is 10.2. The summed E-state index contributed by atoms with van der Waals surface area (Å²) in [4.78, 5) is 12.8. The average molecular weight is 455 g/mol. The fraction of sp³-hybridized carbons (Fsp3) is 0.350. The molecule has 0 radical (unpaired) electrons. The van der Waals surface area contributed by atoms with Crippen molar-refractivity contribution in [3.05, 3.63) is 47.5 Å². The van der Waals surface area contributed by atoms with E-state index in [0.29, 0.717) is 16.5 Å². The van der Waals surface area contributed by atoms with Crippen molar-refractivity contribution in [2.75, 3.05) is 30.8 Å². The molecule has 8 nitrogen and oxygen atoms in total. The predicted octanol–water partition coefficient (Wildman–Crippen LogP) is 2.46. The van der Waals surface area contributed by atoms with Gasteiger partial charge in [-0.15, -0.1) is 0 Å². The Morgan fingerprint density at radius 3 is 2.67 bits per heavy atom. The molecule has 1 amide bonds. The van der Waals surface area contributed by atoms with Crippen molar-refractivity contribution in [3.8, 4) is 17.2 Å². The molecule has 0 aromatic heterocycles. The lowest BCUT2D eigenvalue weighted by Crippen LogP contribution is -2.50. The smallest absolute Gasteiger partial charge is 0.243 e. The van der Waals surface area contributed by atoms with Crippen molar-refractivity contribution in [1.29, 1.82) is 0 Å². The first kappa shape index (κ1) is 22.0. The van der Waals surface area contributed by atoms with Gasteiger partial charge in [-0.1, -0.05) is 23.7 Å². The van der Waals surface area contributed by atoms with Gasteiger partial charge >= 0.3 is 0 Å². The van der Waals surface area contributed by atoms with Gasteiger partial charge in [-0.3, -0.25) is 9.10 Å². The van der Waals surface area contributed by atoms with Crippen LogP contribution in [0, 0.1) is 0 Å². The van der Waals surface area contributed by atoms with Crippen LogP contribution in [0.4, 0.5) is 5.69 Å². The number of para-hydroxylation sites is 2. The van der Waals surface area contributed by atoms with E-state index in [1.807, 2.05) is 12.1 Å². The van der Waals surface area contributed by atoms with E-state index in [2.05, 4.69) is 5.32 Å². The molecule has 2 aromatic carbocycles. The third-order valence-electron chi connectivity index (χ3n) is 4.54. The molecule has 0 spiro atoms. The first-order valence-electron chi connectivity index (χ1n) is 9.20. The Bertz CT molecular complexity index is 1030. The number of methoxy groups -OCH3 is 1. The molecule has 0 bridgehead atoms. The Kier molecular flexibility index (Phi) is 6.62. The van der Waals surface area contributed by atoms with Crippen molar-refractivity contribution >= 4 is 33.2 Å². The van der Waals surface area contributed by atoms with Crippen LogP contribution in [0.15, 0.2) is 42.5 Å². The van der Waals surface area contributed by atoms with Crippen molar-refractivity contribution in [1.82, 2.24) is 5.32 Å². The van der Waals surface area contributed by atoms with Gasteiger partial charge < -0.3 is 19.5 Å². The first-order chi connectivity index (χ1) is 14.2. The van der Waals surface area contributed by atoms with Gasteiger partial charge in [-0.25, -0.2) is 8.42 Å². The van der Waals surface area contributed by atoms with E-state index in [-0.39, 0.29) is 24.6 Å². The molecule has 30 heavy (non-hydrogen) atoms. The molecule has 0 saturated heterocycles. The summed E-state index contributed by atoms with van der Waals surface area (Å²) in [5.74, 6) is 1.03. The number of nitrogens with one attached hydrogen (secondary N) is 1. The second-order valence-electron chi connectivity index (χ2n) is 6.79. The van der Waals surface area contributed by atoms with Gasteiger partial charge in [0.15, 0.2) is 11.5 Å². The minimum Gasteiger partial charge on any atom is -0.495 e. The maximum atomic E-state index is 12.8. The molecular formula is C20H23ClN2O6S. The zero-order valence-electron chi connectivity index (χ0n) is 16.8. The van der Waals surface area contributed by atoms with E-state index in [0.717, 1.165) is 10.6 Å². The normalized spacial score (nSPS) is 16.5. The number of carbonyl (C=O) groups is 1. The highest BCUT2D eigenvalue weighted by Crippen LogP contribution is 2.34. The highest BCUT2D eigenvalue weighted by atomic mass is 35.5. The predicted molar refractivity (Wildman–Crippen MR) is 114 cm³/mol. The Hall–Kier alpha value is -2.65. The molecule has 1 aliphatic heterocycles. The molecule has 1 N–H and O–H groups in total. The van der Waals surface area contributed by atoms with E-state index in [1.165, 1.54) is 20.1 Å². The van der Waals surface area contributed by atoms with Crippen LogP contribution in [0.1, 0.15) is 6.92 Å². The van der Waals surface area contributed by atoms with Crippen molar-refractivity contribution in [2.24, 2.45) is 0 Å². The van der Waals surface area contributed by atoms with Crippen LogP contribution in [-0.2, 0) is 14.8 Å². The standard InChI is InChI=1S/C20H23ClN2O6S/c1-13(23(30(3,25)26)16-10-14(21)8-9-17(16)27-2)20(24)22-11-15-12-28-18-6-4-5-7-19(18)29-15/h4-10,13,15H,11-12H2,1-3H3,(H,22,24)/t13-,15-/m1/s1. The summed E-state index contributed by atoms with van der Waals surface area (Å²) in [5, 5.41) is 3.05. The average Bonchev–Trinajstić information content (AvgIpc) is 2.71. The fourth-order valence-corrected chi connectivity index (χ4v) is 4.48. The zero-order chi connectivity index (χ0) is 21.9. The largest absolute Gasteiger partial charge is 0.495 e.